The molecule has 1 N–H and O–H groups in total. The first-order chi connectivity index (χ1) is 16.1. The predicted octanol–water partition coefficient (Wildman–Crippen LogP) is 3.25. The Morgan fingerprint density at radius 3 is 2.76 bits per heavy atom. The number of aromatic nitrogens is 6. The number of hydrogen-bond donors (Lipinski definition) is 1. The molecule has 5 rings (SSSR count). The van der Waals surface area contributed by atoms with Gasteiger partial charge in [-0.05, 0) is 42.8 Å². The highest BCUT2D eigenvalue weighted by Crippen LogP contribution is 2.19. The molecule has 1 amide bonds. The van der Waals surface area contributed by atoms with Crippen molar-refractivity contribution in [1.82, 2.24) is 34.8 Å². The highest BCUT2D eigenvalue weighted by molar-refractivity contribution is 5.93. The van der Waals surface area contributed by atoms with Crippen molar-refractivity contribution in [3.63, 3.8) is 0 Å². The minimum Gasteiger partial charge on any atom is -0.497 e. The van der Waals surface area contributed by atoms with Crippen molar-refractivity contribution < 1.29 is 9.53 Å². The van der Waals surface area contributed by atoms with Crippen molar-refractivity contribution in [2.75, 3.05) is 7.11 Å². The number of fused-ring (bicyclic) bond motifs is 1. The fourth-order valence-electron chi connectivity index (χ4n) is 3.60. The van der Waals surface area contributed by atoms with Crippen LogP contribution in [-0.2, 0) is 6.54 Å². The number of ether oxygens (including phenoxy) is 1. The predicted molar refractivity (Wildman–Crippen MR) is 123 cm³/mol. The number of amides is 1. The average Bonchev–Trinajstić information content (AvgIpc) is 3.46. The molecule has 9 heteroatoms. The van der Waals surface area contributed by atoms with Crippen LogP contribution < -0.4 is 10.1 Å². The van der Waals surface area contributed by atoms with Gasteiger partial charge in [0.2, 0.25) is 0 Å². The van der Waals surface area contributed by atoms with Crippen molar-refractivity contribution >= 4 is 16.9 Å². The number of carbonyl (C=O) groups is 1. The standard InChI is InChI=1S/C24H21N7O2/c1-16-23(28-29-31(16)18-6-5-7-19(12-18)33-2)24(32)26-14-17-10-11-22(25-13-17)30-15-27-20-8-3-4-9-21(20)30/h3-13,15H,14H2,1-2H3,(H,26,32). The quantitative estimate of drug-likeness (QED) is 0.436. The fraction of sp³-hybridized carbons (Fsp3) is 0.125. The molecular weight excluding hydrogens is 418 g/mol. The van der Waals surface area contributed by atoms with E-state index in [1.54, 1.807) is 31.2 Å². The summed E-state index contributed by atoms with van der Waals surface area (Å²) in [6.07, 6.45) is 3.49. The van der Waals surface area contributed by atoms with E-state index in [0.29, 0.717) is 18.0 Å². The lowest BCUT2D eigenvalue weighted by molar-refractivity contribution is 0.0945. The van der Waals surface area contributed by atoms with Crippen LogP contribution in [0.15, 0.2) is 73.2 Å². The van der Waals surface area contributed by atoms with Crippen LogP contribution in [0.3, 0.4) is 0 Å². The smallest absolute Gasteiger partial charge is 0.274 e. The van der Waals surface area contributed by atoms with Gasteiger partial charge in [0, 0.05) is 18.8 Å². The number of carbonyl (C=O) groups excluding carboxylic acids is 1. The van der Waals surface area contributed by atoms with Crippen LogP contribution in [0.25, 0.3) is 22.5 Å². The monoisotopic (exact) mass is 439 g/mol. The lowest BCUT2D eigenvalue weighted by Gasteiger charge is -2.07. The molecule has 0 radical (unpaired) electrons. The van der Waals surface area contributed by atoms with Crippen LogP contribution in [0.4, 0.5) is 0 Å². The molecule has 2 aromatic carbocycles. The second-order valence-electron chi connectivity index (χ2n) is 7.45. The number of benzene rings is 2. The number of nitrogens with one attached hydrogen (secondary N) is 1. The molecule has 164 valence electrons. The Morgan fingerprint density at radius 1 is 1.06 bits per heavy atom. The summed E-state index contributed by atoms with van der Waals surface area (Å²) in [5.74, 6) is 1.16. The minimum atomic E-state index is -0.300. The largest absolute Gasteiger partial charge is 0.497 e. The third kappa shape index (κ3) is 3.91. The van der Waals surface area contributed by atoms with Crippen molar-refractivity contribution in [3.8, 4) is 17.3 Å². The number of rotatable bonds is 6. The first-order valence-corrected chi connectivity index (χ1v) is 10.4. The summed E-state index contributed by atoms with van der Waals surface area (Å²) in [6.45, 7) is 2.13. The minimum absolute atomic E-state index is 0.271. The van der Waals surface area contributed by atoms with E-state index in [-0.39, 0.29) is 11.6 Å². The second-order valence-corrected chi connectivity index (χ2v) is 7.45. The van der Waals surface area contributed by atoms with Gasteiger partial charge in [-0.25, -0.2) is 14.6 Å². The number of methoxy groups -OCH3 is 1. The highest BCUT2D eigenvalue weighted by atomic mass is 16.5. The Balaban J connectivity index is 1.28. The molecule has 3 heterocycles. The third-order valence-electron chi connectivity index (χ3n) is 5.37. The second kappa shape index (κ2) is 8.54. The molecule has 0 aliphatic carbocycles. The van der Waals surface area contributed by atoms with Gasteiger partial charge >= 0.3 is 0 Å². The van der Waals surface area contributed by atoms with Crippen LogP contribution in [0, 0.1) is 6.92 Å². The molecule has 0 fully saturated rings. The van der Waals surface area contributed by atoms with E-state index in [4.69, 9.17) is 4.74 Å². The van der Waals surface area contributed by atoms with E-state index in [1.807, 2.05) is 65.2 Å². The summed E-state index contributed by atoms with van der Waals surface area (Å²) in [5, 5.41) is 11.1. The zero-order chi connectivity index (χ0) is 22.8. The Kier molecular flexibility index (Phi) is 5.27. The average molecular weight is 439 g/mol. The first-order valence-electron chi connectivity index (χ1n) is 10.4. The number of nitrogens with zero attached hydrogens (tertiary/aromatic N) is 6. The van der Waals surface area contributed by atoms with Gasteiger partial charge in [0.05, 0.1) is 29.5 Å². The molecule has 0 saturated heterocycles. The molecule has 5 aromatic rings. The van der Waals surface area contributed by atoms with Crippen LogP contribution >= 0.6 is 0 Å². The van der Waals surface area contributed by atoms with E-state index in [1.165, 1.54) is 0 Å². The third-order valence-corrected chi connectivity index (χ3v) is 5.37. The molecule has 9 nitrogen and oxygen atoms in total. The van der Waals surface area contributed by atoms with Gasteiger partial charge in [0.25, 0.3) is 5.91 Å². The normalized spacial score (nSPS) is 11.0. The summed E-state index contributed by atoms with van der Waals surface area (Å²) in [4.78, 5) is 21.6. The van der Waals surface area contributed by atoms with Crippen LogP contribution in [0.5, 0.6) is 5.75 Å². The Labute approximate surface area is 189 Å². The summed E-state index contributed by atoms with van der Waals surface area (Å²) in [6, 6.07) is 19.1. The number of hydrogen-bond acceptors (Lipinski definition) is 6. The maximum absolute atomic E-state index is 12.7. The number of imidazole rings is 1. The van der Waals surface area contributed by atoms with Gasteiger partial charge in [-0.15, -0.1) is 5.10 Å². The molecule has 0 aliphatic heterocycles. The van der Waals surface area contributed by atoms with E-state index < -0.39 is 0 Å². The topological polar surface area (TPSA) is 99.8 Å². The van der Waals surface area contributed by atoms with E-state index in [2.05, 4.69) is 25.6 Å². The molecule has 0 saturated carbocycles. The first kappa shape index (κ1) is 20.4. The molecule has 0 atom stereocenters. The molecule has 0 spiro atoms. The van der Waals surface area contributed by atoms with Gasteiger partial charge in [-0.3, -0.25) is 9.36 Å². The van der Waals surface area contributed by atoms with Crippen molar-refractivity contribution in [3.05, 3.63) is 90.1 Å². The van der Waals surface area contributed by atoms with Gasteiger partial charge < -0.3 is 10.1 Å². The van der Waals surface area contributed by atoms with Gasteiger partial charge in [0.15, 0.2) is 5.69 Å². The summed E-state index contributed by atoms with van der Waals surface area (Å²) in [5.41, 5.74) is 4.45. The molecule has 3 aromatic heterocycles. The SMILES string of the molecule is COc1cccc(-n2nnc(C(=O)NCc3ccc(-n4cnc5ccccc54)nc3)c2C)c1. The molecule has 0 bridgehead atoms. The van der Waals surface area contributed by atoms with Gasteiger partial charge in [-0.1, -0.05) is 29.5 Å². The Bertz CT molecular complexity index is 1440. The number of para-hydroxylation sites is 2. The van der Waals surface area contributed by atoms with Crippen molar-refractivity contribution in [2.45, 2.75) is 13.5 Å². The van der Waals surface area contributed by atoms with Crippen molar-refractivity contribution in [1.29, 1.82) is 0 Å². The van der Waals surface area contributed by atoms with Gasteiger partial charge in [-0.2, -0.15) is 0 Å². The molecule has 0 unspecified atom stereocenters. The highest BCUT2D eigenvalue weighted by Gasteiger charge is 2.17. The maximum Gasteiger partial charge on any atom is 0.274 e. The summed E-state index contributed by atoms with van der Waals surface area (Å²) in [7, 11) is 1.60. The van der Waals surface area contributed by atoms with Crippen LogP contribution in [0.1, 0.15) is 21.7 Å². The Hall–Kier alpha value is -4.53. The fourth-order valence-corrected chi connectivity index (χ4v) is 3.60. The summed E-state index contributed by atoms with van der Waals surface area (Å²) >= 11 is 0. The Morgan fingerprint density at radius 2 is 1.94 bits per heavy atom. The van der Waals surface area contributed by atoms with E-state index in [0.717, 1.165) is 28.1 Å². The molecule has 0 aliphatic rings. The zero-order valence-electron chi connectivity index (χ0n) is 18.1. The number of pyridine rings is 1. The lowest BCUT2D eigenvalue weighted by atomic mass is 10.2. The van der Waals surface area contributed by atoms with Crippen molar-refractivity contribution in [2.24, 2.45) is 0 Å². The van der Waals surface area contributed by atoms with Crippen LogP contribution in [0.2, 0.25) is 0 Å². The molecular formula is C24H21N7O2. The van der Waals surface area contributed by atoms with Gasteiger partial charge in [0.1, 0.15) is 17.9 Å². The van der Waals surface area contributed by atoms with E-state index in [9.17, 15) is 4.79 Å². The summed E-state index contributed by atoms with van der Waals surface area (Å²) < 4.78 is 8.80. The maximum atomic E-state index is 12.7. The van der Waals surface area contributed by atoms with Crippen LogP contribution in [-0.4, -0.2) is 42.5 Å². The zero-order valence-corrected chi connectivity index (χ0v) is 18.1. The molecule has 33 heavy (non-hydrogen) atoms. The lowest BCUT2D eigenvalue weighted by Crippen LogP contribution is -2.24. The van der Waals surface area contributed by atoms with E-state index >= 15 is 0 Å².